The molecule has 0 aromatic heterocycles. The van der Waals surface area contributed by atoms with Crippen LogP contribution < -0.4 is 10.1 Å². The number of carbonyl (C=O) groups excluding carboxylic acids is 1. The van der Waals surface area contributed by atoms with Crippen LogP contribution in [0, 0.1) is 15.9 Å². The Balaban J connectivity index is 2.16. The summed E-state index contributed by atoms with van der Waals surface area (Å²) in [5.41, 5.74) is 0.441. The minimum absolute atomic E-state index is 0.201. The molecule has 1 atom stereocenters. The molecule has 0 radical (unpaired) electrons. The van der Waals surface area contributed by atoms with Crippen molar-refractivity contribution in [3.05, 3.63) is 69.5 Å². The van der Waals surface area contributed by atoms with Crippen molar-refractivity contribution >= 4 is 17.6 Å². The Morgan fingerprint density at radius 1 is 1.30 bits per heavy atom. The monoisotopic (exact) mass is 376 g/mol. The zero-order valence-corrected chi connectivity index (χ0v) is 14.3. The molecule has 0 saturated heterocycles. The van der Waals surface area contributed by atoms with Crippen LogP contribution in [0.4, 0.5) is 10.1 Å². The van der Waals surface area contributed by atoms with E-state index in [0.29, 0.717) is 5.56 Å². The van der Waals surface area contributed by atoms with Crippen molar-refractivity contribution < 1.29 is 28.7 Å². The Morgan fingerprint density at radius 3 is 2.63 bits per heavy atom. The van der Waals surface area contributed by atoms with Crippen LogP contribution in [0.5, 0.6) is 5.75 Å². The summed E-state index contributed by atoms with van der Waals surface area (Å²) in [6.07, 6.45) is -0.414. The van der Waals surface area contributed by atoms with Crippen molar-refractivity contribution in [2.24, 2.45) is 0 Å². The van der Waals surface area contributed by atoms with Gasteiger partial charge in [-0.3, -0.25) is 14.9 Å². The molecule has 0 fully saturated rings. The zero-order chi connectivity index (χ0) is 20.0. The zero-order valence-electron chi connectivity index (χ0n) is 14.3. The van der Waals surface area contributed by atoms with Crippen molar-refractivity contribution in [2.45, 2.75) is 18.9 Å². The Morgan fingerprint density at radius 2 is 2.04 bits per heavy atom. The van der Waals surface area contributed by atoms with E-state index in [2.05, 4.69) is 5.32 Å². The maximum absolute atomic E-state index is 13.2. The summed E-state index contributed by atoms with van der Waals surface area (Å²) >= 11 is 0. The second kappa shape index (κ2) is 8.75. The predicted molar refractivity (Wildman–Crippen MR) is 93.0 cm³/mol. The molecule has 2 aromatic rings. The van der Waals surface area contributed by atoms with Gasteiger partial charge < -0.3 is 15.2 Å². The van der Waals surface area contributed by atoms with Crippen LogP contribution in [0.3, 0.4) is 0 Å². The fourth-order valence-electron chi connectivity index (χ4n) is 2.54. The Bertz CT molecular complexity index is 871. The van der Waals surface area contributed by atoms with E-state index in [4.69, 9.17) is 4.74 Å². The largest absolute Gasteiger partial charge is 0.496 e. The number of rotatable bonds is 8. The summed E-state index contributed by atoms with van der Waals surface area (Å²) in [7, 11) is 1.35. The van der Waals surface area contributed by atoms with Gasteiger partial charge in [0.2, 0.25) is 5.91 Å². The highest BCUT2D eigenvalue weighted by atomic mass is 19.1. The maximum atomic E-state index is 13.2. The number of nitrogens with one attached hydrogen (secondary N) is 1. The van der Waals surface area contributed by atoms with Gasteiger partial charge in [-0.2, -0.15) is 0 Å². The van der Waals surface area contributed by atoms with E-state index in [1.54, 1.807) is 6.07 Å². The normalized spacial score (nSPS) is 11.5. The molecule has 8 nitrogen and oxygen atoms in total. The highest BCUT2D eigenvalue weighted by molar-refractivity contribution is 5.85. The van der Waals surface area contributed by atoms with Crippen molar-refractivity contribution in [1.29, 1.82) is 0 Å². The smallest absolute Gasteiger partial charge is 0.326 e. The molecule has 1 amide bonds. The van der Waals surface area contributed by atoms with Crippen molar-refractivity contribution in [1.82, 2.24) is 5.32 Å². The van der Waals surface area contributed by atoms with Crippen LogP contribution in [0.15, 0.2) is 42.5 Å². The fourth-order valence-corrected chi connectivity index (χ4v) is 2.54. The van der Waals surface area contributed by atoms with E-state index < -0.39 is 28.7 Å². The minimum Gasteiger partial charge on any atom is -0.496 e. The number of nitro benzene ring substituents is 1. The number of methoxy groups -OCH3 is 1. The lowest BCUT2D eigenvalue weighted by Crippen LogP contribution is -2.43. The maximum Gasteiger partial charge on any atom is 0.326 e. The van der Waals surface area contributed by atoms with E-state index in [0.717, 1.165) is 0 Å². The van der Waals surface area contributed by atoms with Crippen LogP contribution in [0.25, 0.3) is 0 Å². The van der Waals surface area contributed by atoms with Gasteiger partial charge in [0.05, 0.1) is 18.5 Å². The van der Waals surface area contributed by atoms with Gasteiger partial charge in [-0.1, -0.05) is 12.1 Å². The standard InChI is InChI=1S/C18H17FN2O6/c1-27-16-6-5-14(21(25)26)9-12(16)10-15(18(23)24)20-17(22)8-11-3-2-4-13(19)7-11/h2-7,9,15H,8,10H2,1H3,(H,20,22)(H,23,24)/t15-/m1/s1. The summed E-state index contributed by atoms with van der Waals surface area (Å²) in [6.45, 7) is 0. The quantitative estimate of drug-likeness (QED) is 0.538. The van der Waals surface area contributed by atoms with Crippen LogP contribution in [-0.4, -0.2) is 35.1 Å². The molecule has 0 aliphatic rings. The number of aliphatic carboxylic acids is 1. The summed E-state index contributed by atoms with van der Waals surface area (Å²) < 4.78 is 18.3. The van der Waals surface area contributed by atoms with Gasteiger partial charge in [0.15, 0.2) is 0 Å². The first-order valence-electron chi connectivity index (χ1n) is 7.88. The molecule has 2 aromatic carbocycles. The number of carboxylic acids is 1. The SMILES string of the molecule is COc1ccc([N+](=O)[O-])cc1C[C@@H](NC(=O)Cc1cccc(F)c1)C(=O)O. The number of hydrogen-bond acceptors (Lipinski definition) is 5. The number of ether oxygens (including phenoxy) is 1. The molecule has 0 aliphatic heterocycles. The van der Waals surface area contributed by atoms with Crippen LogP contribution >= 0.6 is 0 Å². The second-order valence-corrected chi connectivity index (χ2v) is 5.72. The number of benzene rings is 2. The molecule has 0 heterocycles. The highest BCUT2D eigenvalue weighted by Gasteiger charge is 2.23. The molecule has 0 unspecified atom stereocenters. The topological polar surface area (TPSA) is 119 Å². The molecular formula is C18H17FN2O6. The van der Waals surface area contributed by atoms with Gasteiger partial charge >= 0.3 is 5.97 Å². The molecule has 9 heteroatoms. The first kappa shape index (κ1) is 19.8. The van der Waals surface area contributed by atoms with Crippen molar-refractivity contribution in [3.63, 3.8) is 0 Å². The number of non-ortho nitro benzene ring substituents is 1. The predicted octanol–water partition coefficient (Wildman–Crippen LogP) is 2.10. The van der Waals surface area contributed by atoms with Crippen LogP contribution in [0.1, 0.15) is 11.1 Å². The molecule has 0 saturated carbocycles. The first-order valence-corrected chi connectivity index (χ1v) is 7.88. The van der Waals surface area contributed by atoms with Gasteiger partial charge in [-0.15, -0.1) is 0 Å². The number of nitrogens with zero attached hydrogens (tertiary/aromatic N) is 1. The van der Waals surface area contributed by atoms with Gasteiger partial charge in [0, 0.05) is 24.1 Å². The molecule has 27 heavy (non-hydrogen) atoms. The number of carbonyl (C=O) groups is 2. The number of hydrogen-bond donors (Lipinski definition) is 2. The van der Waals surface area contributed by atoms with Crippen molar-refractivity contribution in [2.75, 3.05) is 7.11 Å². The average molecular weight is 376 g/mol. The first-order chi connectivity index (χ1) is 12.8. The Labute approximate surface area is 153 Å². The molecular weight excluding hydrogens is 359 g/mol. The summed E-state index contributed by atoms with van der Waals surface area (Å²) in [5.74, 6) is -2.16. The third-order valence-electron chi connectivity index (χ3n) is 3.79. The number of halogens is 1. The lowest BCUT2D eigenvalue weighted by molar-refractivity contribution is -0.384. The van der Waals surface area contributed by atoms with E-state index in [1.165, 1.54) is 43.5 Å². The molecule has 0 spiro atoms. The minimum atomic E-state index is -1.33. The summed E-state index contributed by atoms with van der Waals surface area (Å²) in [5, 5.41) is 22.7. The van der Waals surface area contributed by atoms with Gasteiger partial charge in [0.25, 0.3) is 5.69 Å². The van der Waals surface area contributed by atoms with Gasteiger partial charge in [-0.25, -0.2) is 9.18 Å². The number of carboxylic acid groups (broad SMARTS) is 1. The average Bonchev–Trinajstić information content (AvgIpc) is 2.60. The third-order valence-corrected chi connectivity index (χ3v) is 3.79. The van der Waals surface area contributed by atoms with Gasteiger partial charge in [-0.05, 0) is 23.8 Å². The van der Waals surface area contributed by atoms with Crippen LogP contribution in [0.2, 0.25) is 0 Å². The lowest BCUT2D eigenvalue weighted by atomic mass is 10.0. The molecule has 0 bridgehead atoms. The Kier molecular flexibility index (Phi) is 6.42. The van der Waals surface area contributed by atoms with E-state index in [9.17, 15) is 29.2 Å². The van der Waals surface area contributed by atoms with E-state index in [1.807, 2.05) is 0 Å². The number of amides is 1. The summed E-state index contributed by atoms with van der Waals surface area (Å²) in [4.78, 5) is 34.0. The van der Waals surface area contributed by atoms with E-state index in [-0.39, 0.29) is 29.8 Å². The third kappa shape index (κ3) is 5.50. The molecule has 142 valence electrons. The highest BCUT2D eigenvalue weighted by Crippen LogP contribution is 2.25. The summed E-state index contributed by atoms with van der Waals surface area (Å²) in [6, 6.07) is 7.87. The lowest BCUT2D eigenvalue weighted by Gasteiger charge is -2.16. The second-order valence-electron chi connectivity index (χ2n) is 5.72. The Hall–Kier alpha value is -3.49. The van der Waals surface area contributed by atoms with Crippen molar-refractivity contribution in [3.8, 4) is 5.75 Å². The molecule has 2 N–H and O–H groups in total. The van der Waals surface area contributed by atoms with Crippen LogP contribution in [-0.2, 0) is 22.4 Å². The van der Waals surface area contributed by atoms with Gasteiger partial charge in [0.1, 0.15) is 17.6 Å². The molecule has 0 aliphatic carbocycles. The fraction of sp³-hybridized carbons (Fsp3) is 0.222. The van der Waals surface area contributed by atoms with E-state index >= 15 is 0 Å². The molecule has 2 rings (SSSR count). The number of nitro groups is 1.